The van der Waals surface area contributed by atoms with Gasteiger partial charge in [-0.25, -0.2) is 0 Å². The Morgan fingerprint density at radius 3 is 2.19 bits per heavy atom. The SMILES string of the molecule is C[C@@H]1Cc2nn3c(c2CN1C(=O)c1ccc(C(F)(F)F)c(Cl)c1)C(=O)NC[C@H]3CO[Si](c1ccccc1)(c1ccccc1)C(C)(C)C. The summed E-state index contributed by atoms with van der Waals surface area (Å²) in [6.07, 6.45) is -4.25. The number of carbonyl (C=O) groups is 2. The fourth-order valence-electron chi connectivity index (χ4n) is 6.88. The number of hydrogen-bond acceptors (Lipinski definition) is 4. The molecule has 0 saturated carbocycles. The molecule has 6 rings (SSSR count). The number of nitrogens with zero attached hydrogens (tertiary/aromatic N) is 3. The number of rotatable bonds is 6. The molecule has 2 aliphatic rings. The molecule has 3 heterocycles. The molecule has 0 saturated heterocycles. The van der Waals surface area contributed by atoms with Crippen LogP contribution in [0.1, 0.15) is 71.4 Å². The number of amides is 2. The highest BCUT2D eigenvalue weighted by atomic mass is 35.5. The maximum absolute atomic E-state index is 13.6. The number of fused-ring (bicyclic) bond motifs is 3. The van der Waals surface area contributed by atoms with Crippen molar-refractivity contribution < 1.29 is 27.2 Å². The minimum absolute atomic E-state index is 0.0420. The van der Waals surface area contributed by atoms with Crippen LogP contribution in [0.2, 0.25) is 10.1 Å². The normalized spacial score (nSPS) is 18.4. The maximum Gasteiger partial charge on any atom is 0.417 e. The molecule has 246 valence electrons. The second kappa shape index (κ2) is 12.3. The van der Waals surface area contributed by atoms with Crippen molar-refractivity contribution in [1.82, 2.24) is 20.0 Å². The molecular weight excluding hydrogens is 645 g/mol. The van der Waals surface area contributed by atoms with Gasteiger partial charge in [0.25, 0.3) is 20.1 Å². The summed E-state index contributed by atoms with van der Waals surface area (Å²) in [5.41, 5.74) is 0.757. The lowest BCUT2D eigenvalue weighted by atomic mass is 9.97. The second-order valence-corrected chi connectivity index (χ2v) is 17.9. The van der Waals surface area contributed by atoms with E-state index in [1.807, 2.05) is 43.3 Å². The predicted octanol–water partition coefficient (Wildman–Crippen LogP) is 6.00. The Labute approximate surface area is 277 Å². The molecule has 0 aliphatic carbocycles. The minimum atomic E-state index is -4.63. The Hall–Kier alpha value is -3.93. The van der Waals surface area contributed by atoms with Crippen LogP contribution in [0.25, 0.3) is 0 Å². The van der Waals surface area contributed by atoms with Gasteiger partial charge in [0.2, 0.25) is 0 Å². The fourth-order valence-corrected chi connectivity index (χ4v) is 11.8. The highest BCUT2D eigenvalue weighted by Gasteiger charge is 2.51. The van der Waals surface area contributed by atoms with Crippen LogP contribution in [0, 0.1) is 0 Å². The Balaban J connectivity index is 1.32. The summed E-state index contributed by atoms with van der Waals surface area (Å²) in [6, 6.07) is 23.0. The van der Waals surface area contributed by atoms with Gasteiger partial charge in [-0.05, 0) is 40.5 Å². The van der Waals surface area contributed by atoms with Crippen LogP contribution in [-0.2, 0) is 23.6 Å². The molecule has 0 fully saturated rings. The second-order valence-electron chi connectivity index (χ2n) is 13.2. The van der Waals surface area contributed by atoms with Crippen molar-refractivity contribution in [3.8, 4) is 0 Å². The van der Waals surface area contributed by atoms with Crippen molar-refractivity contribution in [2.75, 3.05) is 13.2 Å². The zero-order valence-electron chi connectivity index (χ0n) is 26.6. The average Bonchev–Trinajstić information content (AvgIpc) is 3.40. The first-order valence-electron chi connectivity index (χ1n) is 15.5. The van der Waals surface area contributed by atoms with Gasteiger partial charge < -0.3 is 14.6 Å². The highest BCUT2D eigenvalue weighted by Crippen LogP contribution is 2.39. The van der Waals surface area contributed by atoms with Crippen LogP contribution in [0.3, 0.4) is 0 Å². The molecule has 4 aromatic rings. The minimum Gasteiger partial charge on any atom is -0.405 e. The summed E-state index contributed by atoms with van der Waals surface area (Å²) in [4.78, 5) is 28.5. The number of benzene rings is 3. The number of aromatic nitrogens is 2. The lowest BCUT2D eigenvalue weighted by molar-refractivity contribution is -0.137. The summed E-state index contributed by atoms with van der Waals surface area (Å²) < 4.78 is 48.8. The molecule has 0 spiro atoms. The Bertz CT molecular complexity index is 1770. The zero-order valence-corrected chi connectivity index (χ0v) is 28.3. The lowest BCUT2D eigenvalue weighted by Gasteiger charge is -2.44. The van der Waals surface area contributed by atoms with E-state index in [0.717, 1.165) is 34.3 Å². The third kappa shape index (κ3) is 5.89. The van der Waals surface area contributed by atoms with Crippen LogP contribution < -0.4 is 15.7 Å². The standard InChI is InChI=1S/C35H36ClF3N4O3Si/c1-22-17-30-27(20-42(22)33(45)23-15-16-28(29(36)18-23)35(37,38)39)31-32(44)40-19-24(43(31)41-30)21-46-47(34(2,3)4,25-11-7-5-8-12-25)26-13-9-6-10-14-26/h5-16,18,22,24H,17,19-21H2,1-4H3,(H,40,44)/t22-,24+/m1/s1. The largest absolute Gasteiger partial charge is 0.417 e. The van der Waals surface area contributed by atoms with Crippen LogP contribution >= 0.6 is 11.6 Å². The topological polar surface area (TPSA) is 76.5 Å². The van der Waals surface area contributed by atoms with Crippen LogP contribution in [0.4, 0.5) is 13.2 Å². The van der Waals surface area contributed by atoms with E-state index in [0.29, 0.717) is 30.8 Å². The van der Waals surface area contributed by atoms with Gasteiger partial charge in [0, 0.05) is 30.1 Å². The van der Waals surface area contributed by atoms with Gasteiger partial charge >= 0.3 is 6.18 Å². The van der Waals surface area contributed by atoms with Crippen molar-refractivity contribution in [2.45, 2.75) is 64.0 Å². The molecule has 2 amide bonds. The quantitative estimate of drug-likeness (QED) is 0.254. The van der Waals surface area contributed by atoms with Gasteiger partial charge in [-0.15, -0.1) is 0 Å². The fraction of sp³-hybridized carbons (Fsp3) is 0.343. The highest BCUT2D eigenvalue weighted by molar-refractivity contribution is 6.99. The van der Waals surface area contributed by atoms with Gasteiger partial charge in [0.15, 0.2) is 0 Å². The number of alkyl halides is 3. The smallest absolute Gasteiger partial charge is 0.405 e. The molecule has 3 aromatic carbocycles. The van der Waals surface area contributed by atoms with Gasteiger partial charge in [0.1, 0.15) is 5.69 Å². The average molecular weight is 681 g/mol. The Kier molecular flexibility index (Phi) is 8.61. The van der Waals surface area contributed by atoms with Crippen molar-refractivity contribution in [3.05, 3.63) is 112 Å². The van der Waals surface area contributed by atoms with Gasteiger partial charge in [-0.3, -0.25) is 14.3 Å². The van der Waals surface area contributed by atoms with Crippen molar-refractivity contribution in [2.24, 2.45) is 0 Å². The first kappa shape index (κ1) is 33.0. The molecule has 12 heteroatoms. The maximum atomic E-state index is 13.6. The van der Waals surface area contributed by atoms with Gasteiger partial charge in [0.05, 0.1) is 35.5 Å². The van der Waals surface area contributed by atoms with E-state index in [1.165, 1.54) is 0 Å². The third-order valence-corrected chi connectivity index (χ3v) is 14.5. The first-order valence-corrected chi connectivity index (χ1v) is 17.8. The molecule has 2 aliphatic heterocycles. The van der Waals surface area contributed by atoms with E-state index >= 15 is 0 Å². The van der Waals surface area contributed by atoms with E-state index in [9.17, 15) is 22.8 Å². The van der Waals surface area contributed by atoms with Crippen molar-refractivity contribution >= 4 is 42.1 Å². The molecule has 47 heavy (non-hydrogen) atoms. The van der Waals surface area contributed by atoms with E-state index in [4.69, 9.17) is 21.1 Å². The van der Waals surface area contributed by atoms with Crippen LogP contribution in [-0.4, -0.2) is 54.0 Å². The van der Waals surface area contributed by atoms with Crippen molar-refractivity contribution in [3.63, 3.8) is 0 Å². The molecule has 2 atom stereocenters. The number of nitrogens with one attached hydrogen (secondary N) is 1. The van der Waals surface area contributed by atoms with E-state index < -0.39 is 31.0 Å². The van der Waals surface area contributed by atoms with E-state index in [2.05, 4.69) is 50.4 Å². The Morgan fingerprint density at radius 2 is 1.64 bits per heavy atom. The monoisotopic (exact) mass is 680 g/mol. The van der Waals surface area contributed by atoms with Crippen molar-refractivity contribution in [1.29, 1.82) is 0 Å². The molecule has 0 radical (unpaired) electrons. The summed E-state index contributed by atoms with van der Waals surface area (Å²) in [7, 11) is -2.87. The molecule has 7 nitrogen and oxygen atoms in total. The van der Waals surface area contributed by atoms with Gasteiger partial charge in [-0.2, -0.15) is 18.3 Å². The van der Waals surface area contributed by atoms with Crippen LogP contribution in [0.5, 0.6) is 0 Å². The van der Waals surface area contributed by atoms with E-state index in [1.54, 1.807) is 9.58 Å². The van der Waals surface area contributed by atoms with Gasteiger partial charge in [-0.1, -0.05) is 93.0 Å². The zero-order chi connectivity index (χ0) is 33.7. The number of halogens is 4. The summed E-state index contributed by atoms with van der Waals surface area (Å²) in [5.74, 6) is -0.763. The van der Waals surface area contributed by atoms with Crippen LogP contribution in [0.15, 0.2) is 78.9 Å². The predicted molar refractivity (Wildman–Crippen MR) is 177 cm³/mol. The Morgan fingerprint density at radius 1 is 1.02 bits per heavy atom. The molecular formula is C35H36ClF3N4O3Si. The first-order chi connectivity index (χ1) is 22.2. The molecule has 1 aromatic heterocycles. The molecule has 1 N–H and O–H groups in total. The molecule has 0 unspecified atom stereocenters. The summed E-state index contributed by atoms with van der Waals surface area (Å²) in [5, 5.41) is 9.42. The summed E-state index contributed by atoms with van der Waals surface area (Å²) >= 11 is 5.93. The summed E-state index contributed by atoms with van der Waals surface area (Å²) in [6.45, 7) is 9.17. The lowest BCUT2D eigenvalue weighted by Crippen LogP contribution is -2.67. The molecule has 0 bridgehead atoms. The van der Waals surface area contributed by atoms with E-state index in [-0.39, 0.29) is 35.1 Å². The number of hydrogen-bond donors (Lipinski definition) is 1. The number of carbonyl (C=O) groups excluding carboxylic acids is 2. The third-order valence-electron chi connectivity index (χ3n) is 9.19.